The second-order valence-electron chi connectivity index (χ2n) is 3.62. The van der Waals surface area contributed by atoms with Gasteiger partial charge in [-0.3, -0.25) is 4.79 Å². The molecule has 1 amide bonds. The molecule has 1 N–H and O–H groups in total. The Hall–Kier alpha value is -1.41. The summed E-state index contributed by atoms with van der Waals surface area (Å²) in [5, 5.41) is 2.78. The molecule has 19 heavy (non-hydrogen) atoms. The summed E-state index contributed by atoms with van der Waals surface area (Å²) in [5.41, 5.74) is 0.727. The largest absolute Gasteiger partial charge is 0.465 e. The predicted octanol–water partition coefficient (Wildman–Crippen LogP) is 3.39. The van der Waals surface area contributed by atoms with Gasteiger partial charge in [0, 0.05) is 9.26 Å². The van der Waals surface area contributed by atoms with Crippen LogP contribution in [-0.4, -0.2) is 19.0 Å². The monoisotopic (exact) mass is 387 g/mol. The van der Waals surface area contributed by atoms with Crippen molar-refractivity contribution in [1.82, 2.24) is 0 Å². The van der Waals surface area contributed by atoms with Gasteiger partial charge in [-0.15, -0.1) is 11.3 Å². The summed E-state index contributed by atoms with van der Waals surface area (Å²) in [4.78, 5) is 24.2. The number of esters is 1. The van der Waals surface area contributed by atoms with E-state index in [0.717, 1.165) is 20.6 Å². The molecule has 0 aliphatic carbocycles. The summed E-state index contributed by atoms with van der Waals surface area (Å²) in [5.74, 6) is -0.666. The zero-order valence-electron chi connectivity index (χ0n) is 9.98. The highest BCUT2D eigenvalue weighted by atomic mass is 127. The Morgan fingerprint density at radius 2 is 1.95 bits per heavy atom. The zero-order valence-corrected chi connectivity index (χ0v) is 12.9. The third-order valence-corrected chi connectivity index (χ3v) is 4.03. The first kappa shape index (κ1) is 14.0. The highest BCUT2D eigenvalue weighted by Gasteiger charge is 2.14. The normalized spacial score (nSPS) is 10.0. The number of methoxy groups -OCH3 is 1. The average molecular weight is 387 g/mol. The molecule has 4 nitrogen and oxygen atoms in total. The number of carbonyl (C=O) groups excluding carboxylic acids is 2. The standard InChI is InChI=1S/C13H10INO3S/c1-18-13(17)11-6-5-10(19-11)12(16)15-9-4-2-3-8(14)7-9/h2-7H,1H3,(H,15,16). The minimum Gasteiger partial charge on any atom is -0.465 e. The fraction of sp³-hybridized carbons (Fsp3) is 0.0769. The number of halogens is 1. The SMILES string of the molecule is COC(=O)c1ccc(C(=O)Nc2cccc(I)c2)s1. The molecule has 0 saturated carbocycles. The molecule has 1 heterocycles. The molecule has 6 heteroatoms. The summed E-state index contributed by atoms with van der Waals surface area (Å²) in [6, 6.07) is 10.7. The minimum absolute atomic E-state index is 0.234. The van der Waals surface area contributed by atoms with E-state index in [9.17, 15) is 9.59 Å². The lowest BCUT2D eigenvalue weighted by molar-refractivity contribution is 0.0606. The first-order valence-corrected chi connectivity index (χ1v) is 7.25. The highest BCUT2D eigenvalue weighted by Crippen LogP contribution is 2.19. The molecule has 2 aromatic rings. The highest BCUT2D eigenvalue weighted by molar-refractivity contribution is 14.1. The fourth-order valence-corrected chi connectivity index (χ4v) is 2.79. The van der Waals surface area contributed by atoms with Gasteiger partial charge in [-0.1, -0.05) is 6.07 Å². The van der Waals surface area contributed by atoms with Crippen LogP contribution in [0.5, 0.6) is 0 Å². The van der Waals surface area contributed by atoms with Crippen molar-refractivity contribution in [3.63, 3.8) is 0 Å². The molecule has 98 valence electrons. The van der Waals surface area contributed by atoms with E-state index < -0.39 is 5.97 Å². The van der Waals surface area contributed by atoms with Crippen molar-refractivity contribution in [3.8, 4) is 0 Å². The van der Waals surface area contributed by atoms with Gasteiger partial charge in [0.2, 0.25) is 0 Å². The van der Waals surface area contributed by atoms with Crippen LogP contribution in [0.1, 0.15) is 19.3 Å². The third-order valence-electron chi connectivity index (χ3n) is 2.30. The smallest absolute Gasteiger partial charge is 0.348 e. The summed E-state index contributed by atoms with van der Waals surface area (Å²) in [6.07, 6.45) is 0. The second kappa shape index (κ2) is 6.16. The van der Waals surface area contributed by atoms with E-state index in [1.807, 2.05) is 24.3 Å². The van der Waals surface area contributed by atoms with E-state index in [4.69, 9.17) is 0 Å². The Morgan fingerprint density at radius 3 is 2.63 bits per heavy atom. The maximum Gasteiger partial charge on any atom is 0.348 e. The molecule has 0 fully saturated rings. The van der Waals surface area contributed by atoms with E-state index >= 15 is 0 Å². The molecule has 0 saturated heterocycles. The van der Waals surface area contributed by atoms with E-state index in [0.29, 0.717) is 9.75 Å². The van der Waals surface area contributed by atoms with Crippen molar-refractivity contribution >= 4 is 51.5 Å². The summed E-state index contributed by atoms with van der Waals surface area (Å²) in [6.45, 7) is 0. The Kier molecular flexibility index (Phi) is 4.54. The molecule has 0 bridgehead atoms. The summed E-state index contributed by atoms with van der Waals surface area (Å²) >= 11 is 3.28. The average Bonchev–Trinajstić information content (AvgIpc) is 2.87. The number of anilines is 1. The molecular weight excluding hydrogens is 377 g/mol. The van der Waals surface area contributed by atoms with Gasteiger partial charge in [-0.05, 0) is 52.9 Å². The lowest BCUT2D eigenvalue weighted by atomic mass is 10.3. The summed E-state index contributed by atoms with van der Waals surface area (Å²) in [7, 11) is 1.31. The van der Waals surface area contributed by atoms with Crippen LogP contribution >= 0.6 is 33.9 Å². The van der Waals surface area contributed by atoms with Gasteiger partial charge >= 0.3 is 5.97 Å². The number of ether oxygens (including phenoxy) is 1. The van der Waals surface area contributed by atoms with Crippen LogP contribution in [0.2, 0.25) is 0 Å². The lowest BCUT2D eigenvalue weighted by Crippen LogP contribution is -2.10. The van der Waals surface area contributed by atoms with Crippen LogP contribution in [0.15, 0.2) is 36.4 Å². The van der Waals surface area contributed by atoms with Gasteiger partial charge in [0.1, 0.15) is 4.88 Å². The van der Waals surface area contributed by atoms with E-state index in [1.54, 1.807) is 12.1 Å². The number of nitrogens with one attached hydrogen (secondary N) is 1. The van der Waals surface area contributed by atoms with Crippen LogP contribution < -0.4 is 5.32 Å². The van der Waals surface area contributed by atoms with Crippen molar-refractivity contribution in [2.75, 3.05) is 12.4 Å². The van der Waals surface area contributed by atoms with Gasteiger partial charge in [0.25, 0.3) is 5.91 Å². The van der Waals surface area contributed by atoms with Crippen molar-refractivity contribution in [1.29, 1.82) is 0 Å². The molecule has 2 rings (SSSR count). The molecule has 0 aliphatic heterocycles. The van der Waals surface area contributed by atoms with Gasteiger partial charge in [-0.25, -0.2) is 4.79 Å². The molecule has 0 aliphatic rings. The maximum atomic E-state index is 12.0. The minimum atomic E-state index is -0.432. The van der Waals surface area contributed by atoms with Crippen molar-refractivity contribution in [2.45, 2.75) is 0 Å². The Balaban J connectivity index is 2.12. The van der Waals surface area contributed by atoms with E-state index in [-0.39, 0.29) is 5.91 Å². The Morgan fingerprint density at radius 1 is 1.21 bits per heavy atom. The van der Waals surface area contributed by atoms with Gasteiger partial charge in [0.05, 0.1) is 12.0 Å². The van der Waals surface area contributed by atoms with Crippen molar-refractivity contribution < 1.29 is 14.3 Å². The maximum absolute atomic E-state index is 12.0. The quantitative estimate of drug-likeness (QED) is 0.649. The number of hydrogen-bond acceptors (Lipinski definition) is 4. The van der Waals surface area contributed by atoms with Crippen LogP contribution in [0.3, 0.4) is 0 Å². The van der Waals surface area contributed by atoms with E-state index in [1.165, 1.54) is 7.11 Å². The number of rotatable bonds is 3. The Labute approximate surface area is 127 Å². The first-order chi connectivity index (χ1) is 9.10. The molecule has 0 spiro atoms. The molecular formula is C13H10INO3S. The molecule has 1 aromatic heterocycles. The van der Waals surface area contributed by atoms with Crippen molar-refractivity contribution in [2.24, 2.45) is 0 Å². The van der Waals surface area contributed by atoms with Crippen LogP contribution in [0, 0.1) is 3.57 Å². The Bertz CT molecular complexity index is 624. The fourth-order valence-electron chi connectivity index (χ4n) is 1.43. The zero-order chi connectivity index (χ0) is 13.8. The number of amides is 1. The van der Waals surface area contributed by atoms with Crippen molar-refractivity contribution in [3.05, 3.63) is 49.7 Å². The third kappa shape index (κ3) is 3.54. The summed E-state index contributed by atoms with van der Waals surface area (Å²) < 4.78 is 5.64. The lowest BCUT2D eigenvalue weighted by Gasteiger charge is -2.03. The molecule has 0 radical (unpaired) electrons. The number of benzene rings is 1. The van der Waals surface area contributed by atoms with Crippen LogP contribution in [0.25, 0.3) is 0 Å². The van der Waals surface area contributed by atoms with Crippen LogP contribution in [0.4, 0.5) is 5.69 Å². The molecule has 1 aromatic carbocycles. The number of hydrogen-bond donors (Lipinski definition) is 1. The predicted molar refractivity (Wildman–Crippen MR) is 82.8 cm³/mol. The topological polar surface area (TPSA) is 55.4 Å². The van der Waals surface area contributed by atoms with Gasteiger partial charge in [0.15, 0.2) is 0 Å². The second-order valence-corrected chi connectivity index (χ2v) is 5.95. The van der Waals surface area contributed by atoms with E-state index in [2.05, 4.69) is 32.6 Å². The molecule has 0 atom stereocenters. The molecule has 0 unspecified atom stereocenters. The van der Waals surface area contributed by atoms with Crippen LogP contribution in [-0.2, 0) is 4.74 Å². The van der Waals surface area contributed by atoms with Gasteiger partial charge in [-0.2, -0.15) is 0 Å². The number of thiophene rings is 1. The number of carbonyl (C=O) groups is 2. The van der Waals surface area contributed by atoms with Gasteiger partial charge < -0.3 is 10.1 Å². The first-order valence-electron chi connectivity index (χ1n) is 5.35.